The molecule has 0 fully saturated rings. The van der Waals surface area contributed by atoms with Gasteiger partial charge in [-0.1, -0.05) is 6.07 Å². The number of rotatable bonds is 8. The van der Waals surface area contributed by atoms with E-state index in [-0.39, 0.29) is 36.9 Å². The van der Waals surface area contributed by atoms with E-state index in [0.717, 1.165) is 16.7 Å². The van der Waals surface area contributed by atoms with Gasteiger partial charge in [0, 0.05) is 26.9 Å². The Bertz CT molecular complexity index is 1180. The Balaban J connectivity index is 2.09. The lowest BCUT2D eigenvalue weighted by molar-refractivity contribution is 0.0940. The van der Waals surface area contributed by atoms with Crippen LogP contribution in [0.25, 0.3) is 11.0 Å². The van der Waals surface area contributed by atoms with Crippen LogP contribution in [0, 0.1) is 5.82 Å². The third-order valence-electron chi connectivity index (χ3n) is 4.94. The van der Waals surface area contributed by atoms with E-state index in [1.807, 2.05) is 0 Å². The molecular formula is C22H24FN3O5. The normalized spacial score (nSPS) is 11.0. The van der Waals surface area contributed by atoms with Gasteiger partial charge in [-0.2, -0.15) is 0 Å². The molecule has 0 radical (unpaired) electrons. The highest BCUT2D eigenvalue weighted by Crippen LogP contribution is 2.27. The molecule has 3 aromatic rings. The topological polar surface area (TPSA) is 103 Å². The number of nitrogens with zero attached hydrogens (tertiary/aromatic N) is 2. The second-order valence-electron chi connectivity index (χ2n) is 6.99. The Morgan fingerprint density at radius 2 is 2.03 bits per heavy atom. The quantitative estimate of drug-likeness (QED) is 0.563. The predicted octanol–water partition coefficient (Wildman–Crippen LogP) is 1.54. The number of aromatic nitrogens is 2. The van der Waals surface area contributed by atoms with Gasteiger partial charge in [0.2, 0.25) is 0 Å². The van der Waals surface area contributed by atoms with Gasteiger partial charge in [-0.3, -0.25) is 14.6 Å². The summed E-state index contributed by atoms with van der Waals surface area (Å²) in [5.74, 6) is -0.914. The number of carbonyl (C=O) groups excluding carboxylic acids is 1. The molecule has 0 unspecified atom stereocenters. The number of ether oxygens (including phenoxy) is 2. The number of halogens is 1. The molecule has 164 valence electrons. The molecule has 0 atom stereocenters. The van der Waals surface area contributed by atoms with Crippen molar-refractivity contribution in [3.8, 4) is 5.75 Å². The zero-order chi connectivity index (χ0) is 22.5. The number of carbonyl (C=O) groups is 1. The number of aryl methyl sites for hydroxylation is 1. The third-order valence-corrected chi connectivity index (χ3v) is 4.94. The highest BCUT2D eigenvalue weighted by Gasteiger charge is 2.23. The number of pyridine rings is 2. The minimum atomic E-state index is -0.644. The van der Waals surface area contributed by atoms with Crippen molar-refractivity contribution < 1.29 is 23.8 Å². The number of aliphatic hydroxyl groups excluding tert-OH is 1. The van der Waals surface area contributed by atoms with Crippen molar-refractivity contribution in [3.05, 3.63) is 68.9 Å². The van der Waals surface area contributed by atoms with Crippen molar-refractivity contribution in [2.45, 2.75) is 13.0 Å². The maximum absolute atomic E-state index is 13.6. The maximum atomic E-state index is 13.6. The number of aliphatic hydroxyl groups is 1. The first-order valence-corrected chi connectivity index (χ1v) is 9.62. The molecule has 3 rings (SSSR count). The van der Waals surface area contributed by atoms with E-state index in [1.165, 1.54) is 23.8 Å². The Hall–Kier alpha value is -3.30. The summed E-state index contributed by atoms with van der Waals surface area (Å²) >= 11 is 0. The van der Waals surface area contributed by atoms with Crippen molar-refractivity contribution >= 4 is 16.9 Å². The van der Waals surface area contributed by atoms with E-state index in [1.54, 1.807) is 32.5 Å². The molecule has 0 aliphatic carbocycles. The number of hydrogen-bond donors (Lipinski definition) is 2. The van der Waals surface area contributed by atoms with Crippen LogP contribution < -0.4 is 15.6 Å². The molecule has 8 nitrogen and oxygen atoms in total. The van der Waals surface area contributed by atoms with Crippen molar-refractivity contribution in [2.24, 2.45) is 7.05 Å². The van der Waals surface area contributed by atoms with E-state index in [0.29, 0.717) is 17.5 Å². The number of methoxy groups -OCH3 is 2. The summed E-state index contributed by atoms with van der Waals surface area (Å²) in [7, 11) is 4.46. The van der Waals surface area contributed by atoms with Gasteiger partial charge >= 0.3 is 0 Å². The van der Waals surface area contributed by atoms with Crippen LogP contribution in [0.3, 0.4) is 0 Å². The molecule has 2 N–H and O–H groups in total. The van der Waals surface area contributed by atoms with Crippen molar-refractivity contribution in [3.63, 3.8) is 0 Å². The monoisotopic (exact) mass is 429 g/mol. The van der Waals surface area contributed by atoms with Crippen LogP contribution in [0.5, 0.6) is 5.75 Å². The van der Waals surface area contributed by atoms with Crippen LogP contribution in [0.15, 0.2) is 35.3 Å². The van der Waals surface area contributed by atoms with Gasteiger partial charge in [0.25, 0.3) is 11.5 Å². The zero-order valence-corrected chi connectivity index (χ0v) is 17.6. The molecule has 0 saturated carbocycles. The van der Waals surface area contributed by atoms with Crippen LogP contribution in [-0.4, -0.2) is 47.9 Å². The standard InChI is InChI=1S/C22H24FN3O5/c1-26-17-9-13(8-14-4-5-16(23)10-15(14)12-30-2)11-25-19(17)20(31-3)18(22(26)29)21(28)24-6-7-27/h4-5,9-11,27H,6-8,12H2,1-3H3,(H,24,28). The van der Waals surface area contributed by atoms with Crippen molar-refractivity contribution in [2.75, 3.05) is 27.4 Å². The van der Waals surface area contributed by atoms with E-state index in [4.69, 9.17) is 14.6 Å². The van der Waals surface area contributed by atoms with Crippen LogP contribution >= 0.6 is 0 Å². The van der Waals surface area contributed by atoms with Gasteiger partial charge in [0.05, 0.1) is 25.8 Å². The molecule has 2 heterocycles. The van der Waals surface area contributed by atoms with Gasteiger partial charge in [-0.05, 0) is 41.3 Å². The highest BCUT2D eigenvalue weighted by molar-refractivity contribution is 6.01. The van der Waals surface area contributed by atoms with Gasteiger partial charge in [-0.25, -0.2) is 4.39 Å². The summed E-state index contributed by atoms with van der Waals surface area (Å²) in [6.45, 7) is 0.0295. The van der Waals surface area contributed by atoms with Crippen molar-refractivity contribution in [1.29, 1.82) is 0 Å². The van der Waals surface area contributed by atoms with Gasteiger partial charge in [0.1, 0.15) is 16.9 Å². The predicted molar refractivity (Wildman–Crippen MR) is 113 cm³/mol. The lowest BCUT2D eigenvalue weighted by atomic mass is 10.0. The minimum Gasteiger partial charge on any atom is -0.493 e. The molecule has 0 bridgehead atoms. The summed E-state index contributed by atoms with van der Waals surface area (Å²) in [6.07, 6.45) is 2.09. The molecular weight excluding hydrogens is 405 g/mol. The Morgan fingerprint density at radius 3 is 2.71 bits per heavy atom. The molecule has 0 aliphatic rings. The Morgan fingerprint density at radius 1 is 1.26 bits per heavy atom. The molecule has 9 heteroatoms. The van der Waals surface area contributed by atoms with E-state index >= 15 is 0 Å². The first kappa shape index (κ1) is 22.4. The third kappa shape index (κ3) is 4.57. The number of hydrogen-bond acceptors (Lipinski definition) is 6. The molecule has 2 aromatic heterocycles. The minimum absolute atomic E-state index is 0.0109. The number of nitrogens with one attached hydrogen (secondary N) is 1. The lowest BCUT2D eigenvalue weighted by Crippen LogP contribution is -2.34. The summed E-state index contributed by atoms with van der Waals surface area (Å²) in [5.41, 5.74) is 2.54. The van der Waals surface area contributed by atoms with E-state index in [9.17, 15) is 14.0 Å². The lowest BCUT2D eigenvalue weighted by Gasteiger charge is -2.15. The molecule has 31 heavy (non-hydrogen) atoms. The van der Waals surface area contributed by atoms with Gasteiger partial charge in [0.15, 0.2) is 5.75 Å². The molecule has 0 saturated heterocycles. The first-order valence-electron chi connectivity index (χ1n) is 9.62. The smallest absolute Gasteiger partial charge is 0.267 e. The van der Waals surface area contributed by atoms with Crippen LogP contribution in [0.2, 0.25) is 0 Å². The summed E-state index contributed by atoms with van der Waals surface area (Å²) in [4.78, 5) is 29.8. The molecule has 1 aromatic carbocycles. The first-order chi connectivity index (χ1) is 14.9. The summed E-state index contributed by atoms with van der Waals surface area (Å²) in [6, 6.07) is 6.31. The maximum Gasteiger partial charge on any atom is 0.267 e. The number of amides is 1. The second-order valence-corrected chi connectivity index (χ2v) is 6.99. The second kappa shape index (κ2) is 9.67. The van der Waals surface area contributed by atoms with Crippen molar-refractivity contribution in [1.82, 2.24) is 14.9 Å². The highest BCUT2D eigenvalue weighted by atomic mass is 19.1. The fraction of sp³-hybridized carbons (Fsp3) is 0.318. The fourth-order valence-electron chi connectivity index (χ4n) is 3.45. The Kier molecular flexibility index (Phi) is 6.98. The molecule has 0 aliphatic heterocycles. The van der Waals surface area contributed by atoms with Crippen LogP contribution in [0.1, 0.15) is 27.0 Å². The Labute approximate surface area is 178 Å². The fourth-order valence-corrected chi connectivity index (χ4v) is 3.45. The number of benzene rings is 1. The van der Waals surface area contributed by atoms with Crippen LogP contribution in [-0.2, 0) is 24.8 Å². The molecule has 1 amide bonds. The van der Waals surface area contributed by atoms with E-state index < -0.39 is 11.5 Å². The van der Waals surface area contributed by atoms with Crippen LogP contribution in [0.4, 0.5) is 4.39 Å². The average molecular weight is 429 g/mol. The van der Waals surface area contributed by atoms with E-state index in [2.05, 4.69) is 10.3 Å². The number of fused-ring (bicyclic) bond motifs is 1. The average Bonchev–Trinajstić information content (AvgIpc) is 2.76. The zero-order valence-electron chi connectivity index (χ0n) is 17.6. The largest absolute Gasteiger partial charge is 0.493 e. The van der Waals surface area contributed by atoms with Gasteiger partial charge in [-0.15, -0.1) is 0 Å². The molecule has 0 spiro atoms. The SMILES string of the molecule is COCc1cc(F)ccc1Cc1cnc2c(OC)c(C(=O)NCCO)c(=O)n(C)c2c1. The summed E-state index contributed by atoms with van der Waals surface area (Å²) in [5, 5.41) is 11.4. The summed E-state index contributed by atoms with van der Waals surface area (Å²) < 4.78 is 25.5. The van der Waals surface area contributed by atoms with Gasteiger partial charge < -0.3 is 24.5 Å².